The van der Waals surface area contributed by atoms with Gasteiger partial charge in [0.05, 0.1) is 31.0 Å². The van der Waals surface area contributed by atoms with E-state index in [-0.39, 0.29) is 19.6 Å². The van der Waals surface area contributed by atoms with E-state index in [4.69, 9.17) is 9.47 Å². The van der Waals surface area contributed by atoms with Gasteiger partial charge in [0.1, 0.15) is 18.3 Å². The third-order valence-electron chi connectivity index (χ3n) is 5.32. The number of nitrogens with one attached hydrogen (secondary N) is 1. The molecular weight excluding hydrogens is 411 g/mol. The molecule has 31 heavy (non-hydrogen) atoms. The number of aliphatic hydroxyl groups excluding tert-OH is 2. The minimum atomic E-state index is -1.34. The van der Waals surface area contributed by atoms with E-state index in [0.29, 0.717) is 11.8 Å². The van der Waals surface area contributed by atoms with Gasteiger partial charge in [0, 0.05) is 6.42 Å². The number of aliphatic hydroxyl groups is 2. The first-order chi connectivity index (χ1) is 14.6. The Hall–Kier alpha value is -2.82. The molecule has 1 saturated heterocycles. The van der Waals surface area contributed by atoms with Crippen molar-refractivity contribution in [2.24, 2.45) is 0 Å². The van der Waals surface area contributed by atoms with E-state index < -0.39 is 47.5 Å². The lowest BCUT2D eigenvalue weighted by atomic mass is 10.00. The summed E-state index contributed by atoms with van der Waals surface area (Å²) in [5, 5.41) is 20.5. The van der Waals surface area contributed by atoms with Crippen LogP contribution in [0.25, 0.3) is 0 Å². The SMILES string of the molecule is Cc1cc(C)c(C(=O)OCCC2OC(Cn3cc(F)c(=O)[nH]c3=O)C(O)C2O)c(C)c1. The standard InChI is InChI=1S/C21H25FN2O7/c1-10-6-11(2)16(12(3)7-10)20(28)30-5-4-14-17(25)18(26)15(31-14)9-24-8-13(22)19(27)23-21(24)29/h6-8,14-15,17-18,25-26H,4-5,9H2,1-3H3,(H,23,27,29). The quantitative estimate of drug-likeness (QED) is 0.557. The molecule has 3 N–H and O–H groups in total. The monoisotopic (exact) mass is 436 g/mol. The minimum absolute atomic E-state index is 0.0556. The second-order valence-electron chi connectivity index (χ2n) is 7.78. The molecule has 0 saturated carbocycles. The maximum atomic E-state index is 13.4. The summed E-state index contributed by atoms with van der Waals surface area (Å²) in [6, 6.07) is 3.77. The summed E-state index contributed by atoms with van der Waals surface area (Å²) in [6.07, 6.45) is -3.67. The fourth-order valence-electron chi connectivity index (χ4n) is 3.87. The van der Waals surface area contributed by atoms with Gasteiger partial charge in [-0.3, -0.25) is 14.3 Å². The fourth-order valence-corrected chi connectivity index (χ4v) is 3.87. The number of nitrogens with zero attached hydrogens (tertiary/aromatic N) is 1. The predicted octanol–water partition coefficient (Wildman–Crippen LogP) is 0.337. The van der Waals surface area contributed by atoms with Gasteiger partial charge in [-0.25, -0.2) is 9.59 Å². The van der Waals surface area contributed by atoms with Crippen LogP contribution in [0.2, 0.25) is 0 Å². The Morgan fingerprint density at radius 1 is 1.16 bits per heavy atom. The van der Waals surface area contributed by atoms with Crippen LogP contribution in [-0.4, -0.2) is 56.8 Å². The zero-order valence-corrected chi connectivity index (χ0v) is 17.4. The fraction of sp³-hybridized carbons (Fsp3) is 0.476. The van der Waals surface area contributed by atoms with Crippen molar-refractivity contribution in [2.75, 3.05) is 6.61 Å². The summed E-state index contributed by atoms with van der Waals surface area (Å²) in [5.41, 5.74) is 1.11. The highest BCUT2D eigenvalue weighted by atomic mass is 19.1. The number of aromatic amines is 1. The third kappa shape index (κ3) is 4.92. The Bertz CT molecular complexity index is 1070. The molecule has 3 rings (SSSR count). The first-order valence-corrected chi connectivity index (χ1v) is 9.84. The highest BCUT2D eigenvalue weighted by molar-refractivity contribution is 5.92. The predicted molar refractivity (Wildman–Crippen MR) is 108 cm³/mol. The van der Waals surface area contributed by atoms with Crippen molar-refractivity contribution in [2.45, 2.75) is 58.2 Å². The van der Waals surface area contributed by atoms with Gasteiger partial charge in [0.15, 0.2) is 0 Å². The summed E-state index contributed by atoms with van der Waals surface area (Å²) in [5.74, 6) is -1.65. The smallest absolute Gasteiger partial charge is 0.338 e. The molecule has 0 aliphatic carbocycles. The lowest BCUT2D eigenvalue weighted by Gasteiger charge is -2.16. The van der Waals surface area contributed by atoms with E-state index in [1.165, 1.54) is 0 Å². The Morgan fingerprint density at radius 3 is 2.42 bits per heavy atom. The summed E-state index contributed by atoms with van der Waals surface area (Å²) < 4.78 is 25.2. The second-order valence-corrected chi connectivity index (χ2v) is 7.78. The van der Waals surface area contributed by atoms with Crippen LogP contribution < -0.4 is 11.2 Å². The molecule has 0 bridgehead atoms. The van der Waals surface area contributed by atoms with Gasteiger partial charge < -0.3 is 19.7 Å². The highest BCUT2D eigenvalue weighted by Gasteiger charge is 2.42. The first kappa shape index (κ1) is 22.9. The number of H-pyrrole nitrogens is 1. The number of hydrogen-bond acceptors (Lipinski definition) is 7. The van der Waals surface area contributed by atoms with Gasteiger partial charge in [-0.15, -0.1) is 0 Å². The van der Waals surface area contributed by atoms with Crippen LogP contribution in [0.4, 0.5) is 4.39 Å². The van der Waals surface area contributed by atoms with Gasteiger partial charge in [-0.1, -0.05) is 17.7 Å². The average molecular weight is 436 g/mol. The van der Waals surface area contributed by atoms with Crippen LogP contribution in [0.1, 0.15) is 33.5 Å². The number of halogens is 1. The summed E-state index contributed by atoms with van der Waals surface area (Å²) in [6.45, 7) is 5.25. The number of aromatic nitrogens is 2. The van der Waals surface area contributed by atoms with E-state index >= 15 is 0 Å². The van der Waals surface area contributed by atoms with E-state index in [1.807, 2.05) is 37.9 Å². The van der Waals surface area contributed by atoms with Crippen molar-refractivity contribution < 1.29 is 28.9 Å². The molecule has 1 fully saturated rings. The van der Waals surface area contributed by atoms with Crippen LogP contribution in [0.3, 0.4) is 0 Å². The summed E-state index contributed by atoms with van der Waals surface area (Å²) >= 11 is 0. The molecule has 4 unspecified atom stereocenters. The molecule has 1 aromatic heterocycles. The Balaban J connectivity index is 1.60. The first-order valence-electron chi connectivity index (χ1n) is 9.84. The molecule has 1 aliphatic heterocycles. The molecule has 0 radical (unpaired) electrons. The van der Waals surface area contributed by atoms with Crippen LogP contribution in [-0.2, 0) is 16.0 Å². The Labute approximate surface area is 177 Å². The number of esters is 1. The molecule has 9 nitrogen and oxygen atoms in total. The third-order valence-corrected chi connectivity index (χ3v) is 5.32. The number of hydrogen-bond donors (Lipinski definition) is 3. The lowest BCUT2D eigenvalue weighted by Crippen LogP contribution is -2.39. The van der Waals surface area contributed by atoms with Crippen LogP contribution >= 0.6 is 0 Å². The zero-order valence-electron chi connectivity index (χ0n) is 17.4. The Kier molecular flexibility index (Phi) is 6.73. The zero-order chi connectivity index (χ0) is 22.9. The molecule has 1 aromatic carbocycles. The van der Waals surface area contributed by atoms with Gasteiger partial charge in [-0.2, -0.15) is 4.39 Å². The molecule has 2 heterocycles. The van der Waals surface area contributed by atoms with Crippen LogP contribution in [0.15, 0.2) is 27.9 Å². The summed E-state index contributed by atoms with van der Waals surface area (Å²) in [4.78, 5) is 37.2. The second kappa shape index (κ2) is 9.13. The highest BCUT2D eigenvalue weighted by Crippen LogP contribution is 2.25. The molecule has 0 spiro atoms. The van der Waals surface area contributed by atoms with E-state index in [2.05, 4.69) is 0 Å². The van der Waals surface area contributed by atoms with Crippen molar-refractivity contribution in [1.29, 1.82) is 0 Å². The lowest BCUT2D eigenvalue weighted by molar-refractivity contribution is -0.0151. The van der Waals surface area contributed by atoms with Crippen LogP contribution in [0.5, 0.6) is 0 Å². The van der Waals surface area contributed by atoms with Gasteiger partial charge in [0.2, 0.25) is 5.82 Å². The van der Waals surface area contributed by atoms with E-state index in [0.717, 1.165) is 21.3 Å². The maximum Gasteiger partial charge on any atom is 0.338 e. The topological polar surface area (TPSA) is 131 Å². The van der Waals surface area contributed by atoms with E-state index in [1.54, 1.807) is 0 Å². The number of aryl methyl sites for hydroxylation is 3. The van der Waals surface area contributed by atoms with Crippen molar-refractivity contribution >= 4 is 5.97 Å². The number of rotatable bonds is 6. The molecular formula is C21H25FN2O7. The maximum absolute atomic E-state index is 13.4. The molecule has 168 valence electrons. The van der Waals surface area contributed by atoms with Crippen molar-refractivity contribution in [1.82, 2.24) is 9.55 Å². The number of benzene rings is 1. The molecule has 2 aromatic rings. The molecule has 10 heteroatoms. The summed E-state index contributed by atoms with van der Waals surface area (Å²) in [7, 11) is 0. The molecule has 1 aliphatic rings. The van der Waals surface area contributed by atoms with Crippen molar-refractivity contribution in [3.63, 3.8) is 0 Å². The number of carbonyl (C=O) groups excluding carboxylic acids is 1. The normalized spacial score (nSPS) is 23.2. The molecule has 4 atom stereocenters. The largest absolute Gasteiger partial charge is 0.462 e. The number of ether oxygens (including phenoxy) is 2. The molecule has 0 amide bonds. The van der Waals surface area contributed by atoms with E-state index in [9.17, 15) is 29.0 Å². The van der Waals surface area contributed by atoms with Crippen molar-refractivity contribution in [3.05, 3.63) is 67.2 Å². The van der Waals surface area contributed by atoms with Gasteiger partial charge in [0.25, 0.3) is 5.56 Å². The van der Waals surface area contributed by atoms with Crippen LogP contribution in [0, 0.1) is 26.6 Å². The van der Waals surface area contributed by atoms with Crippen molar-refractivity contribution in [3.8, 4) is 0 Å². The van der Waals surface area contributed by atoms with Gasteiger partial charge >= 0.3 is 11.7 Å². The Morgan fingerprint density at radius 2 is 1.77 bits per heavy atom. The minimum Gasteiger partial charge on any atom is -0.462 e. The number of carbonyl (C=O) groups is 1. The average Bonchev–Trinajstić information content (AvgIpc) is 2.93. The van der Waals surface area contributed by atoms with Gasteiger partial charge in [-0.05, 0) is 31.9 Å².